The number of fused-ring (bicyclic) bond motifs is 1. The number of amides is 3. The fourth-order valence-electron chi connectivity index (χ4n) is 4.20. The Hall–Kier alpha value is -3.75. The molecule has 0 radical (unpaired) electrons. The number of piperidine rings is 1. The molecule has 5 rings (SSSR count). The van der Waals surface area contributed by atoms with Crippen LogP contribution >= 0.6 is 0 Å². The van der Waals surface area contributed by atoms with Crippen LogP contribution in [0.2, 0.25) is 0 Å². The summed E-state index contributed by atoms with van der Waals surface area (Å²) in [5, 5.41) is 6.28. The summed E-state index contributed by atoms with van der Waals surface area (Å²) in [5.74, 6) is -0.904. The minimum absolute atomic E-state index is 0.192. The fraction of sp³-hybridized carbons (Fsp3) is 0.286. The van der Waals surface area contributed by atoms with Crippen LogP contribution in [0.4, 0.5) is 0 Å². The molecule has 1 saturated heterocycles. The van der Waals surface area contributed by atoms with Crippen molar-refractivity contribution < 1.29 is 18.9 Å². The highest BCUT2D eigenvalue weighted by Gasteiger charge is 2.39. The van der Waals surface area contributed by atoms with Crippen LogP contribution in [0.15, 0.2) is 35.3 Å². The second kappa shape index (κ2) is 6.65. The summed E-state index contributed by atoms with van der Waals surface area (Å²) in [6.07, 6.45) is 3.90. The number of carbonyl (C=O) groups is 3. The van der Waals surface area contributed by atoms with Gasteiger partial charge in [0.05, 0.1) is 29.0 Å². The van der Waals surface area contributed by atoms with Gasteiger partial charge in [0.15, 0.2) is 0 Å². The third kappa shape index (κ3) is 2.73. The first-order valence-electron chi connectivity index (χ1n) is 9.64. The molecule has 2 aromatic heterocycles. The highest BCUT2D eigenvalue weighted by Crippen LogP contribution is 2.35. The number of hydrogen-bond acceptors (Lipinski definition) is 6. The number of carbonyl (C=O) groups excluding carboxylic acids is 3. The summed E-state index contributed by atoms with van der Waals surface area (Å²) in [6.45, 7) is 2.19. The van der Waals surface area contributed by atoms with Gasteiger partial charge in [0.1, 0.15) is 12.3 Å². The predicted molar refractivity (Wildman–Crippen MR) is 105 cm³/mol. The maximum Gasteiger partial charge on any atom is 0.255 e. The van der Waals surface area contributed by atoms with Crippen molar-refractivity contribution in [1.29, 1.82) is 0 Å². The third-order valence-electron chi connectivity index (χ3n) is 5.74. The second-order valence-corrected chi connectivity index (χ2v) is 7.64. The quantitative estimate of drug-likeness (QED) is 0.666. The Morgan fingerprint density at radius 2 is 2.03 bits per heavy atom. The molecule has 1 unspecified atom stereocenters. The first kappa shape index (κ1) is 18.3. The molecule has 30 heavy (non-hydrogen) atoms. The van der Waals surface area contributed by atoms with E-state index in [0.717, 1.165) is 33.8 Å². The van der Waals surface area contributed by atoms with Gasteiger partial charge < -0.3 is 14.0 Å². The summed E-state index contributed by atoms with van der Waals surface area (Å²) in [6, 6.07) is 4.95. The molecule has 0 bridgehead atoms. The number of benzene rings is 1. The smallest absolute Gasteiger partial charge is 0.255 e. The zero-order valence-corrected chi connectivity index (χ0v) is 16.5. The van der Waals surface area contributed by atoms with Gasteiger partial charge in [-0.05, 0) is 31.0 Å². The Morgan fingerprint density at radius 3 is 2.77 bits per heavy atom. The van der Waals surface area contributed by atoms with E-state index in [9.17, 15) is 14.4 Å². The molecule has 152 valence electrons. The number of nitrogens with one attached hydrogen (secondary N) is 1. The minimum Gasteiger partial charge on any atom is -0.364 e. The highest BCUT2D eigenvalue weighted by molar-refractivity contribution is 6.05. The summed E-state index contributed by atoms with van der Waals surface area (Å²) in [7, 11) is 1.90. The molecule has 1 N–H and O–H groups in total. The lowest BCUT2D eigenvalue weighted by Crippen LogP contribution is -2.52. The number of hydrogen-bond donors (Lipinski definition) is 1. The molecule has 3 amide bonds. The molecular formula is C21H19N5O4. The lowest BCUT2D eigenvalue weighted by atomic mass is 10.0. The Kier molecular flexibility index (Phi) is 4.05. The van der Waals surface area contributed by atoms with Crippen molar-refractivity contribution in [2.45, 2.75) is 32.4 Å². The first-order chi connectivity index (χ1) is 14.4. The van der Waals surface area contributed by atoms with Crippen molar-refractivity contribution in [1.82, 2.24) is 24.9 Å². The topological polar surface area (TPSA) is 110 Å². The van der Waals surface area contributed by atoms with Crippen LogP contribution in [0.3, 0.4) is 0 Å². The van der Waals surface area contributed by atoms with Gasteiger partial charge >= 0.3 is 0 Å². The van der Waals surface area contributed by atoms with E-state index >= 15 is 0 Å². The minimum atomic E-state index is -0.629. The molecule has 0 spiro atoms. The zero-order chi connectivity index (χ0) is 21.0. The molecule has 9 nitrogen and oxygen atoms in total. The van der Waals surface area contributed by atoms with Gasteiger partial charge in [0, 0.05) is 31.1 Å². The van der Waals surface area contributed by atoms with Crippen LogP contribution in [0, 0.1) is 6.92 Å². The lowest BCUT2D eigenvalue weighted by Gasteiger charge is -2.29. The Bertz CT molecular complexity index is 1210. The van der Waals surface area contributed by atoms with Crippen LogP contribution < -0.4 is 5.32 Å². The molecule has 9 heteroatoms. The van der Waals surface area contributed by atoms with Gasteiger partial charge in [0.25, 0.3) is 5.91 Å². The number of rotatable bonds is 3. The van der Waals surface area contributed by atoms with Gasteiger partial charge in [-0.2, -0.15) is 0 Å². The Labute approximate surface area is 171 Å². The van der Waals surface area contributed by atoms with E-state index in [1.54, 1.807) is 23.6 Å². The average Bonchev–Trinajstić information content (AvgIpc) is 3.39. The summed E-state index contributed by atoms with van der Waals surface area (Å²) >= 11 is 0. The first-order valence-corrected chi connectivity index (χ1v) is 9.64. The zero-order valence-electron chi connectivity index (χ0n) is 16.5. The molecule has 2 aliphatic heterocycles. The molecule has 0 saturated carbocycles. The van der Waals surface area contributed by atoms with Crippen LogP contribution in [-0.4, -0.2) is 43.4 Å². The van der Waals surface area contributed by atoms with E-state index in [1.807, 2.05) is 30.7 Å². The highest BCUT2D eigenvalue weighted by atomic mass is 16.5. The Balaban J connectivity index is 1.50. The van der Waals surface area contributed by atoms with Crippen molar-refractivity contribution >= 4 is 17.7 Å². The molecular weight excluding hydrogens is 386 g/mol. The van der Waals surface area contributed by atoms with Gasteiger partial charge in [-0.15, -0.1) is 0 Å². The molecule has 1 fully saturated rings. The molecule has 0 aliphatic carbocycles. The van der Waals surface area contributed by atoms with E-state index in [2.05, 4.69) is 15.5 Å². The summed E-state index contributed by atoms with van der Waals surface area (Å²) in [4.78, 5) is 42.7. The largest absolute Gasteiger partial charge is 0.364 e. The average molecular weight is 405 g/mol. The fourth-order valence-corrected chi connectivity index (χ4v) is 4.20. The normalized spacial score (nSPS) is 18.7. The molecule has 4 heterocycles. The van der Waals surface area contributed by atoms with Gasteiger partial charge in [0.2, 0.25) is 11.8 Å². The predicted octanol–water partition coefficient (Wildman–Crippen LogP) is 1.81. The van der Waals surface area contributed by atoms with E-state index in [-0.39, 0.29) is 18.2 Å². The van der Waals surface area contributed by atoms with Crippen molar-refractivity contribution in [2.75, 3.05) is 0 Å². The molecule has 1 aromatic carbocycles. The van der Waals surface area contributed by atoms with Gasteiger partial charge in [-0.1, -0.05) is 11.2 Å². The van der Waals surface area contributed by atoms with Crippen LogP contribution in [0.5, 0.6) is 0 Å². The maximum atomic E-state index is 12.9. The number of nitrogens with zero attached hydrogens (tertiary/aromatic N) is 4. The van der Waals surface area contributed by atoms with Crippen molar-refractivity contribution in [2.24, 2.45) is 7.05 Å². The van der Waals surface area contributed by atoms with Gasteiger partial charge in [-0.25, -0.2) is 4.98 Å². The number of imidazole rings is 1. The number of aromatic nitrogens is 3. The lowest BCUT2D eigenvalue weighted by molar-refractivity contribution is -0.136. The van der Waals surface area contributed by atoms with E-state index in [4.69, 9.17) is 4.52 Å². The van der Waals surface area contributed by atoms with Crippen LogP contribution in [0.1, 0.15) is 34.5 Å². The molecule has 3 aromatic rings. The molecule has 1 atom stereocenters. The van der Waals surface area contributed by atoms with E-state index in [0.29, 0.717) is 18.5 Å². The van der Waals surface area contributed by atoms with E-state index in [1.165, 1.54) is 0 Å². The monoisotopic (exact) mass is 405 g/mol. The Morgan fingerprint density at radius 1 is 1.20 bits per heavy atom. The SMILES string of the molecule is Cc1nocc1-c1c(-c2ccc3c(c2)CN(C2CCC(=O)NC2=O)C3=O)ncn1C. The van der Waals surface area contributed by atoms with Crippen molar-refractivity contribution in [3.8, 4) is 22.5 Å². The second-order valence-electron chi connectivity index (χ2n) is 7.64. The number of aryl methyl sites for hydroxylation is 2. The van der Waals surface area contributed by atoms with E-state index < -0.39 is 11.9 Å². The van der Waals surface area contributed by atoms with Crippen molar-refractivity contribution in [3.05, 3.63) is 47.6 Å². The third-order valence-corrected chi connectivity index (χ3v) is 5.74. The maximum absolute atomic E-state index is 12.9. The van der Waals surface area contributed by atoms with Crippen molar-refractivity contribution in [3.63, 3.8) is 0 Å². The van der Waals surface area contributed by atoms with Gasteiger partial charge in [-0.3, -0.25) is 19.7 Å². The molecule has 2 aliphatic rings. The summed E-state index contributed by atoms with van der Waals surface area (Å²) in [5.41, 5.74) is 5.52. The standard InChI is InChI=1S/C21H19N5O4/c1-11-15(9-30-24-11)19-18(22-10-25(19)2)12-3-4-14-13(7-12)8-26(21(14)29)16-5-6-17(27)23-20(16)28/h3-4,7,9-10,16H,5-6,8H2,1-2H3,(H,23,27,28). The van der Waals surface area contributed by atoms with Crippen LogP contribution in [0.25, 0.3) is 22.5 Å². The van der Waals surface area contributed by atoms with Crippen LogP contribution in [-0.2, 0) is 23.2 Å². The summed E-state index contributed by atoms with van der Waals surface area (Å²) < 4.78 is 7.00. The number of imide groups is 1.